The average molecular weight is 645 g/mol. The predicted octanol–water partition coefficient (Wildman–Crippen LogP) is 0.684. The van der Waals surface area contributed by atoms with Gasteiger partial charge in [0, 0.05) is 91.0 Å². The molecule has 3 aliphatic rings. The maximum Gasteiger partial charge on any atom is 0.255 e. The minimum absolute atomic E-state index is 0. The molecular weight excluding hydrogens is 616 g/mol. The van der Waals surface area contributed by atoms with Crippen LogP contribution >= 0.6 is 0 Å². The molecule has 3 unspecified atom stereocenters. The van der Waals surface area contributed by atoms with Gasteiger partial charge >= 0.3 is 0 Å². The van der Waals surface area contributed by atoms with Gasteiger partial charge in [0.05, 0.1) is 11.8 Å². The first-order valence-corrected chi connectivity index (χ1v) is 10.9. The number of benzene rings is 1. The van der Waals surface area contributed by atoms with Gasteiger partial charge in [-0.15, -0.1) is 5.56 Å². The van der Waals surface area contributed by atoms with Gasteiger partial charge < -0.3 is 26.0 Å². The van der Waals surface area contributed by atoms with Gasteiger partial charge in [0.25, 0.3) is 5.91 Å². The number of carbonyl (C=O) groups is 3. The van der Waals surface area contributed by atoms with Gasteiger partial charge in [-0.05, 0) is 38.5 Å². The monoisotopic (exact) mass is 645 g/mol. The molecule has 9 nitrogen and oxygen atoms in total. The van der Waals surface area contributed by atoms with E-state index in [2.05, 4.69) is 13.8 Å². The fourth-order valence-corrected chi connectivity index (χ4v) is 5.83. The van der Waals surface area contributed by atoms with E-state index >= 15 is 0 Å². The van der Waals surface area contributed by atoms with Crippen LogP contribution in [-0.2, 0) is 86.2 Å². The van der Waals surface area contributed by atoms with Crippen LogP contribution in [-0.4, -0.2) is 77.5 Å². The molecule has 0 saturated heterocycles. The molecule has 0 aliphatic heterocycles. The van der Waals surface area contributed by atoms with Crippen LogP contribution in [0.1, 0.15) is 28.7 Å². The Morgan fingerprint density at radius 1 is 1.14 bits per heavy atom. The van der Waals surface area contributed by atoms with E-state index in [9.17, 15) is 29.7 Å². The van der Waals surface area contributed by atoms with Crippen molar-refractivity contribution in [3.05, 3.63) is 59.1 Å². The second-order valence-electron chi connectivity index (χ2n) is 9.74. The number of hydrogen-bond acceptors (Lipinski definition) is 8. The number of anilines is 1. The maximum absolute atomic E-state index is 13.8. The molecule has 1 fully saturated rings. The molecule has 4 atom stereocenters. The molecule has 0 aromatic heterocycles. The maximum atomic E-state index is 13.8. The number of likely N-dealkylation sites (N-methyl/N-ethyl adjacent to an activating group) is 1. The number of rotatable bonds is 3. The number of ketones is 2. The summed E-state index contributed by atoms with van der Waals surface area (Å²) in [6, 6.07) is 0.789. The fourth-order valence-electron chi connectivity index (χ4n) is 5.83. The van der Waals surface area contributed by atoms with E-state index in [0.717, 1.165) is 11.3 Å². The van der Waals surface area contributed by atoms with E-state index in [1.54, 1.807) is 14.1 Å². The van der Waals surface area contributed by atoms with Gasteiger partial charge in [-0.25, -0.2) is 0 Å². The molecule has 0 bridgehead atoms. The summed E-state index contributed by atoms with van der Waals surface area (Å²) < 4.78 is 0. The molecule has 0 spiro atoms. The summed E-state index contributed by atoms with van der Waals surface area (Å²) in [7, 11) is 6.88. The minimum atomic E-state index is -2.59. The van der Waals surface area contributed by atoms with Crippen LogP contribution in [0.2, 0.25) is 0 Å². The predicted molar refractivity (Wildman–Crippen MR) is 126 cm³/mol. The number of primary amides is 1. The second-order valence-corrected chi connectivity index (χ2v) is 9.74. The van der Waals surface area contributed by atoms with Gasteiger partial charge in [0.2, 0.25) is 5.78 Å². The van der Waals surface area contributed by atoms with Gasteiger partial charge in [0.1, 0.15) is 11.3 Å². The molecule has 2 radical (unpaired) electrons. The number of hydrogen-bond donors (Lipinski definition) is 4. The zero-order valence-electron chi connectivity index (χ0n) is 20.8. The van der Waals surface area contributed by atoms with E-state index < -0.39 is 52.3 Å². The van der Waals surface area contributed by atoms with Crippen molar-refractivity contribution in [3.8, 4) is 0 Å². The van der Waals surface area contributed by atoms with Crippen molar-refractivity contribution >= 4 is 28.9 Å². The Hall–Kier alpha value is -1.22. The largest absolute Gasteiger partial charge is 0.521 e. The van der Waals surface area contributed by atoms with Crippen molar-refractivity contribution in [2.75, 3.05) is 33.1 Å². The van der Waals surface area contributed by atoms with Crippen LogP contribution in [0, 0.1) is 25.7 Å². The quantitative estimate of drug-likeness (QED) is 0.278. The van der Waals surface area contributed by atoms with Crippen molar-refractivity contribution in [1.29, 1.82) is 0 Å². The molecule has 0 heterocycles. The Labute approximate surface area is 260 Å². The summed E-state index contributed by atoms with van der Waals surface area (Å²) in [4.78, 5) is 42.3. The van der Waals surface area contributed by atoms with Crippen molar-refractivity contribution in [2.45, 2.75) is 24.5 Å². The van der Waals surface area contributed by atoms with Crippen LogP contribution in [0.25, 0.3) is 5.76 Å². The van der Waals surface area contributed by atoms with Gasteiger partial charge in [-0.2, -0.15) is 6.07 Å². The average Bonchev–Trinajstić information content (AvgIpc) is 2.72. The molecule has 11 heteroatoms. The van der Waals surface area contributed by atoms with Crippen LogP contribution in [0.3, 0.4) is 0 Å². The molecule has 3 aliphatic carbocycles. The zero-order valence-corrected chi connectivity index (χ0v) is 26.5. The van der Waals surface area contributed by atoms with Gasteiger partial charge in [-0.1, -0.05) is 5.56 Å². The number of aliphatic hydroxyl groups excluding tert-OH is 2. The first-order chi connectivity index (χ1) is 15.7. The molecule has 4 rings (SSSR count). The van der Waals surface area contributed by atoms with Crippen LogP contribution in [0.15, 0.2) is 23.0 Å². The van der Waals surface area contributed by atoms with E-state index in [1.807, 2.05) is 25.1 Å². The third kappa shape index (κ3) is 4.20. The molecule has 1 aromatic carbocycles. The topological polar surface area (TPSA) is 144 Å². The molecule has 1 amide bonds. The Balaban J connectivity index is 0.00000228. The number of fused-ring (bicyclic) bond motifs is 3. The van der Waals surface area contributed by atoms with Gasteiger partial charge in [-0.3, -0.25) is 44.3 Å². The minimum Gasteiger partial charge on any atom is -0.521 e. The molecule has 1 aromatic rings. The van der Waals surface area contributed by atoms with E-state index in [0.29, 0.717) is 23.1 Å². The molecule has 5 N–H and O–H groups in total. The van der Waals surface area contributed by atoms with Gasteiger partial charge in [0.15, 0.2) is 11.4 Å². The third-order valence-electron chi connectivity index (χ3n) is 7.41. The van der Waals surface area contributed by atoms with Crippen molar-refractivity contribution in [1.82, 2.24) is 4.90 Å². The third-order valence-corrected chi connectivity index (χ3v) is 7.41. The van der Waals surface area contributed by atoms with Crippen molar-refractivity contribution in [3.63, 3.8) is 0 Å². The SMILES string of the molecule is [CH2-]c1cc(N(C)C)c2c(c1[CH2-])C(O)=C1C(=O)C3(O)C(O)=C(C(N)=O)C(=O)C(N(C)C)[C@@H]3CC1C2.[Y].[Y]. The first kappa shape index (κ1) is 31.0. The number of amides is 1. The summed E-state index contributed by atoms with van der Waals surface area (Å²) in [5, 5.41) is 33.8. The summed E-state index contributed by atoms with van der Waals surface area (Å²) in [5.74, 6) is -5.92. The van der Waals surface area contributed by atoms with E-state index in [4.69, 9.17) is 5.73 Å². The van der Waals surface area contributed by atoms with Crippen LogP contribution in [0.5, 0.6) is 0 Å². The second kappa shape index (κ2) is 10.5. The molecule has 188 valence electrons. The zero-order chi connectivity index (χ0) is 25.4. The molecule has 36 heavy (non-hydrogen) atoms. The number of Topliss-reactive ketones (excluding diaryl/α,β-unsaturated/α-hetero) is 2. The number of aliphatic hydroxyl groups is 3. The Morgan fingerprint density at radius 3 is 2.22 bits per heavy atom. The Morgan fingerprint density at radius 2 is 1.72 bits per heavy atom. The van der Waals surface area contributed by atoms with Crippen LogP contribution in [0.4, 0.5) is 5.69 Å². The smallest absolute Gasteiger partial charge is 0.255 e. The number of carbonyl (C=O) groups excluding carboxylic acids is 3. The summed E-state index contributed by atoms with van der Waals surface area (Å²) in [6.07, 6.45) is 0.460. The van der Waals surface area contributed by atoms with E-state index in [1.165, 1.54) is 4.90 Å². The Kier molecular flexibility index (Phi) is 9.04. The van der Waals surface area contributed by atoms with Crippen LogP contribution < -0.4 is 10.6 Å². The fraction of sp³-hybridized carbons (Fsp3) is 0.400. The van der Waals surface area contributed by atoms with Crippen molar-refractivity contribution in [2.24, 2.45) is 17.6 Å². The summed E-state index contributed by atoms with van der Waals surface area (Å²) in [5.41, 5.74) is 4.89. The van der Waals surface area contributed by atoms with Crippen molar-refractivity contribution < 1.29 is 95.1 Å². The number of nitrogens with zero attached hydrogens (tertiary/aromatic N) is 2. The standard InChI is InChI=1S/C25H29N3O6.2Y/c1-10-7-15(27(3)4)13-8-12-9-14-19(28(5)6)21(30)18(24(26)33)23(32)25(14,34)22(31)17(12)20(29)16(13)11(10)2;;/h7,12,14,19,29,32,34H,1-2,8-9H2,3-6H3,(H2,26,33);;/q-2;;/t12?,14-,19?,25?;;/m0../s1. The molecular formula is C25H29N3O6Y2-2. The summed E-state index contributed by atoms with van der Waals surface area (Å²) >= 11 is 0. The normalized spacial score (nSPS) is 27.0. The Bertz CT molecular complexity index is 1220. The molecule has 1 saturated carbocycles. The van der Waals surface area contributed by atoms with E-state index in [-0.39, 0.29) is 83.2 Å². The number of nitrogens with two attached hydrogens (primary N) is 1. The first-order valence-electron chi connectivity index (χ1n) is 10.9. The summed E-state index contributed by atoms with van der Waals surface area (Å²) in [6.45, 7) is 8.01.